The van der Waals surface area contributed by atoms with E-state index in [0.29, 0.717) is 5.92 Å². The molecule has 1 amide bonds. The molecule has 1 saturated heterocycles. The second-order valence-electron chi connectivity index (χ2n) is 7.51. The van der Waals surface area contributed by atoms with Crippen molar-refractivity contribution in [3.63, 3.8) is 0 Å². The minimum atomic E-state index is -0.300. The molecule has 6 nitrogen and oxygen atoms in total. The highest BCUT2D eigenvalue weighted by molar-refractivity contribution is 5.81. The second kappa shape index (κ2) is 6.71. The molecule has 24 heavy (non-hydrogen) atoms. The molecule has 1 aliphatic rings. The lowest BCUT2D eigenvalue weighted by molar-refractivity contribution is -0.140. The van der Waals surface area contributed by atoms with Gasteiger partial charge in [0.1, 0.15) is 5.69 Å². The van der Waals surface area contributed by atoms with Crippen molar-refractivity contribution in [3.8, 4) is 11.4 Å². The molecular weight excluding hydrogens is 302 g/mol. The van der Waals surface area contributed by atoms with Gasteiger partial charge in [-0.05, 0) is 31.2 Å². The number of carbonyl (C=O) groups is 1. The molecule has 3 heterocycles. The number of piperidine rings is 1. The Morgan fingerprint density at radius 3 is 2.54 bits per heavy atom. The van der Waals surface area contributed by atoms with E-state index in [1.54, 1.807) is 18.6 Å². The van der Waals surface area contributed by atoms with Gasteiger partial charge in [-0.25, -0.2) is 0 Å². The summed E-state index contributed by atoms with van der Waals surface area (Å²) < 4.78 is 0. The van der Waals surface area contributed by atoms with Crippen LogP contribution in [0.5, 0.6) is 0 Å². The number of aromatic nitrogens is 4. The van der Waals surface area contributed by atoms with Crippen LogP contribution in [0, 0.1) is 11.3 Å². The zero-order valence-electron chi connectivity index (χ0n) is 14.6. The Morgan fingerprint density at radius 1 is 1.21 bits per heavy atom. The van der Waals surface area contributed by atoms with Crippen molar-refractivity contribution in [1.29, 1.82) is 0 Å². The quantitative estimate of drug-likeness (QED) is 0.940. The van der Waals surface area contributed by atoms with Crippen molar-refractivity contribution in [3.05, 3.63) is 30.4 Å². The predicted molar refractivity (Wildman–Crippen MR) is 92.1 cm³/mol. The van der Waals surface area contributed by atoms with Gasteiger partial charge in [0.05, 0.1) is 11.4 Å². The maximum atomic E-state index is 12.4. The summed E-state index contributed by atoms with van der Waals surface area (Å²) in [7, 11) is 0. The minimum Gasteiger partial charge on any atom is -0.342 e. The molecule has 0 spiro atoms. The van der Waals surface area contributed by atoms with Gasteiger partial charge in [-0.1, -0.05) is 20.8 Å². The van der Waals surface area contributed by atoms with Crippen LogP contribution in [-0.2, 0) is 11.2 Å². The fraction of sp³-hybridized carbons (Fsp3) is 0.556. The SMILES string of the molecule is CC(C)(C)C(=O)N1CCC(Cc2nccnc2-c2ccn[nH]2)CC1. The summed E-state index contributed by atoms with van der Waals surface area (Å²) >= 11 is 0. The smallest absolute Gasteiger partial charge is 0.227 e. The summed E-state index contributed by atoms with van der Waals surface area (Å²) in [6.45, 7) is 7.62. The molecule has 1 fully saturated rings. The number of amides is 1. The van der Waals surface area contributed by atoms with Crippen molar-refractivity contribution >= 4 is 5.91 Å². The Balaban J connectivity index is 1.64. The molecule has 1 N–H and O–H groups in total. The first kappa shape index (κ1) is 16.6. The van der Waals surface area contributed by atoms with E-state index in [0.717, 1.165) is 49.4 Å². The molecule has 128 valence electrons. The van der Waals surface area contributed by atoms with Gasteiger partial charge in [-0.15, -0.1) is 0 Å². The second-order valence-corrected chi connectivity index (χ2v) is 7.51. The molecule has 0 atom stereocenters. The third-order valence-electron chi connectivity index (χ3n) is 4.56. The van der Waals surface area contributed by atoms with Crippen molar-refractivity contribution in [2.24, 2.45) is 11.3 Å². The zero-order chi connectivity index (χ0) is 17.2. The normalized spacial score (nSPS) is 16.4. The van der Waals surface area contributed by atoms with Crippen LogP contribution in [0.15, 0.2) is 24.7 Å². The predicted octanol–water partition coefficient (Wildman–Crippen LogP) is 2.69. The molecular formula is C18H25N5O. The number of rotatable bonds is 3. The molecule has 0 saturated carbocycles. The van der Waals surface area contributed by atoms with Crippen LogP contribution in [0.1, 0.15) is 39.3 Å². The average Bonchev–Trinajstić information content (AvgIpc) is 3.09. The van der Waals surface area contributed by atoms with E-state index in [-0.39, 0.29) is 11.3 Å². The van der Waals surface area contributed by atoms with Gasteiger partial charge >= 0.3 is 0 Å². The number of nitrogens with zero attached hydrogens (tertiary/aromatic N) is 4. The molecule has 2 aromatic heterocycles. The Labute approximate surface area is 142 Å². The molecule has 6 heteroatoms. The van der Waals surface area contributed by atoms with Gasteiger partial charge in [0.2, 0.25) is 5.91 Å². The molecule has 3 rings (SSSR count). The maximum absolute atomic E-state index is 12.4. The van der Waals surface area contributed by atoms with Gasteiger partial charge in [0, 0.05) is 37.1 Å². The standard InChI is InChI=1S/C18H25N5O/c1-18(2,3)17(24)23-10-5-13(6-11-23)12-15-16(20-9-8-19-15)14-4-7-21-22-14/h4,7-9,13H,5-6,10-12H2,1-3H3,(H,21,22). The number of aromatic amines is 1. The molecule has 0 aromatic carbocycles. The number of likely N-dealkylation sites (tertiary alicyclic amines) is 1. The largest absolute Gasteiger partial charge is 0.342 e. The molecule has 0 bridgehead atoms. The number of hydrogen-bond acceptors (Lipinski definition) is 4. The van der Waals surface area contributed by atoms with E-state index >= 15 is 0 Å². The van der Waals surface area contributed by atoms with Crippen LogP contribution in [-0.4, -0.2) is 44.1 Å². The lowest BCUT2D eigenvalue weighted by Crippen LogP contribution is -2.44. The summed E-state index contributed by atoms with van der Waals surface area (Å²) in [5.74, 6) is 0.783. The van der Waals surface area contributed by atoms with E-state index < -0.39 is 0 Å². The lowest BCUT2D eigenvalue weighted by Gasteiger charge is -2.35. The Hall–Kier alpha value is -2.24. The zero-order valence-corrected chi connectivity index (χ0v) is 14.6. The van der Waals surface area contributed by atoms with Gasteiger partial charge < -0.3 is 4.90 Å². The first-order chi connectivity index (χ1) is 11.4. The fourth-order valence-corrected chi connectivity index (χ4v) is 3.22. The van der Waals surface area contributed by atoms with Gasteiger partial charge in [0.25, 0.3) is 0 Å². The van der Waals surface area contributed by atoms with Gasteiger partial charge in [-0.3, -0.25) is 19.9 Å². The van der Waals surface area contributed by atoms with Crippen LogP contribution in [0.4, 0.5) is 0 Å². The first-order valence-electron chi connectivity index (χ1n) is 8.54. The number of carbonyl (C=O) groups excluding carboxylic acids is 1. The Bertz CT molecular complexity index is 682. The van der Waals surface area contributed by atoms with Crippen molar-refractivity contribution < 1.29 is 4.79 Å². The number of nitrogens with one attached hydrogen (secondary N) is 1. The maximum Gasteiger partial charge on any atom is 0.227 e. The molecule has 0 radical (unpaired) electrons. The molecule has 1 aliphatic heterocycles. The molecule has 0 unspecified atom stereocenters. The fourth-order valence-electron chi connectivity index (χ4n) is 3.22. The topological polar surface area (TPSA) is 74.8 Å². The average molecular weight is 327 g/mol. The molecule has 0 aliphatic carbocycles. The summed E-state index contributed by atoms with van der Waals surface area (Å²) in [5.41, 5.74) is 2.48. The first-order valence-corrected chi connectivity index (χ1v) is 8.54. The van der Waals surface area contributed by atoms with Crippen molar-refractivity contribution in [2.45, 2.75) is 40.0 Å². The van der Waals surface area contributed by atoms with E-state index in [9.17, 15) is 4.79 Å². The highest BCUT2D eigenvalue weighted by Crippen LogP contribution is 2.27. The highest BCUT2D eigenvalue weighted by Gasteiger charge is 2.30. The van der Waals surface area contributed by atoms with Crippen LogP contribution in [0.2, 0.25) is 0 Å². The summed E-state index contributed by atoms with van der Waals surface area (Å²) in [6.07, 6.45) is 8.10. The molecule has 2 aromatic rings. The summed E-state index contributed by atoms with van der Waals surface area (Å²) in [4.78, 5) is 23.4. The van der Waals surface area contributed by atoms with Crippen LogP contribution in [0.3, 0.4) is 0 Å². The third kappa shape index (κ3) is 3.63. The highest BCUT2D eigenvalue weighted by atomic mass is 16.2. The summed E-state index contributed by atoms with van der Waals surface area (Å²) in [6, 6.07) is 1.91. The number of hydrogen-bond donors (Lipinski definition) is 1. The Morgan fingerprint density at radius 2 is 1.92 bits per heavy atom. The number of H-pyrrole nitrogens is 1. The summed E-state index contributed by atoms with van der Waals surface area (Å²) in [5, 5.41) is 6.97. The third-order valence-corrected chi connectivity index (χ3v) is 4.56. The van der Waals surface area contributed by atoms with E-state index in [4.69, 9.17) is 0 Å². The van der Waals surface area contributed by atoms with Gasteiger partial charge in [-0.2, -0.15) is 5.10 Å². The van der Waals surface area contributed by atoms with E-state index in [1.807, 2.05) is 31.7 Å². The van der Waals surface area contributed by atoms with Gasteiger partial charge in [0.15, 0.2) is 0 Å². The monoisotopic (exact) mass is 327 g/mol. The minimum absolute atomic E-state index is 0.249. The lowest BCUT2D eigenvalue weighted by atomic mass is 9.88. The van der Waals surface area contributed by atoms with Crippen LogP contribution < -0.4 is 0 Å². The van der Waals surface area contributed by atoms with E-state index in [2.05, 4.69) is 20.2 Å². The van der Waals surface area contributed by atoms with Crippen molar-refractivity contribution in [1.82, 2.24) is 25.1 Å². The van der Waals surface area contributed by atoms with Crippen LogP contribution in [0.25, 0.3) is 11.4 Å². The Kier molecular flexibility index (Phi) is 4.64. The van der Waals surface area contributed by atoms with Crippen molar-refractivity contribution in [2.75, 3.05) is 13.1 Å². The van der Waals surface area contributed by atoms with Crippen LogP contribution >= 0.6 is 0 Å². The van der Waals surface area contributed by atoms with E-state index in [1.165, 1.54) is 0 Å².